The SMILES string of the molecule is CCCCNC(=S)NN=Cc1ccc(O)c(OCC)c1. The van der Waals surface area contributed by atoms with Crippen LogP contribution < -0.4 is 15.5 Å². The van der Waals surface area contributed by atoms with Gasteiger partial charge in [-0.05, 0) is 49.3 Å². The number of hydrogen-bond donors (Lipinski definition) is 3. The van der Waals surface area contributed by atoms with Crippen LogP contribution in [0.4, 0.5) is 0 Å². The minimum atomic E-state index is 0.119. The minimum absolute atomic E-state index is 0.119. The lowest BCUT2D eigenvalue weighted by atomic mass is 10.2. The normalized spacial score (nSPS) is 10.5. The number of nitrogens with zero attached hydrogens (tertiary/aromatic N) is 1. The Balaban J connectivity index is 2.49. The fourth-order valence-electron chi connectivity index (χ4n) is 1.47. The molecule has 5 nitrogen and oxygen atoms in total. The van der Waals surface area contributed by atoms with Crippen molar-refractivity contribution in [1.29, 1.82) is 0 Å². The van der Waals surface area contributed by atoms with Crippen LogP contribution in [0.1, 0.15) is 32.3 Å². The molecule has 0 spiro atoms. The van der Waals surface area contributed by atoms with Crippen LogP contribution in [0.2, 0.25) is 0 Å². The van der Waals surface area contributed by atoms with Crippen molar-refractivity contribution in [3.63, 3.8) is 0 Å². The van der Waals surface area contributed by atoms with Gasteiger partial charge in [-0.15, -0.1) is 0 Å². The van der Waals surface area contributed by atoms with Crippen LogP contribution in [0, 0.1) is 0 Å². The molecule has 0 heterocycles. The smallest absolute Gasteiger partial charge is 0.186 e. The number of hydrazone groups is 1. The first kappa shape index (κ1) is 16.2. The van der Waals surface area contributed by atoms with Gasteiger partial charge in [-0.2, -0.15) is 5.10 Å². The summed E-state index contributed by atoms with van der Waals surface area (Å²) in [5, 5.41) is 17.2. The van der Waals surface area contributed by atoms with Crippen LogP contribution in [0.5, 0.6) is 11.5 Å². The van der Waals surface area contributed by atoms with Gasteiger partial charge in [-0.1, -0.05) is 13.3 Å². The summed E-state index contributed by atoms with van der Waals surface area (Å²) in [4.78, 5) is 0. The number of aromatic hydroxyl groups is 1. The second-order valence-electron chi connectivity index (χ2n) is 4.14. The average Bonchev–Trinajstić information content (AvgIpc) is 2.43. The number of ether oxygens (including phenoxy) is 1. The van der Waals surface area contributed by atoms with E-state index in [-0.39, 0.29) is 5.75 Å². The van der Waals surface area contributed by atoms with Gasteiger partial charge in [0, 0.05) is 6.54 Å². The summed E-state index contributed by atoms with van der Waals surface area (Å²) in [5.74, 6) is 0.564. The molecule has 0 unspecified atom stereocenters. The van der Waals surface area contributed by atoms with Gasteiger partial charge in [0.15, 0.2) is 16.6 Å². The van der Waals surface area contributed by atoms with E-state index in [1.807, 2.05) is 6.92 Å². The van der Waals surface area contributed by atoms with E-state index < -0.39 is 0 Å². The molecule has 0 amide bonds. The largest absolute Gasteiger partial charge is 0.504 e. The summed E-state index contributed by atoms with van der Waals surface area (Å²) in [6, 6.07) is 5.04. The zero-order valence-electron chi connectivity index (χ0n) is 11.8. The first-order valence-corrected chi connectivity index (χ1v) is 7.11. The average molecular weight is 295 g/mol. The molecular formula is C14H21N3O2S. The molecule has 3 N–H and O–H groups in total. The first-order chi connectivity index (χ1) is 9.67. The third-order valence-electron chi connectivity index (χ3n) is 2.48. The molecule has 0 bridgehead atoms. The van der Waals surface area contributed by atoms with Crippen LogP contribution in [0.3, 0.4) is 0 Å². The van der Waals surface area contributed by atoms with E-state index in [2.05, 4.69) is 22.8 Å². The molecule has 1 aromatic carbocycles. The third kappa shape index (κ3) is 5.88. The Morgan fingerprint density at radius 1 is 1.45 bits per heavy atom. The van der Waals surface area contributed by atoms with E-state index in [1.165, 1.54) is 0 Å². The zero-order chi connectivity index (χ0) is 14.8. The van der Waals surface area contributed by atoms with Gasteiger partial charge in [0.05, 0.1) is 12.8 Å². The van der Waals surface area contributed by atoms with Gasteiger partial charge in [0.2, 0.25) is 0 Å². The van der Waals surface area contributed by atoms with Crippen LogP contribution in [0.25, 0.3) is 0 Å². The summed E-state index contributed by atoms with van der Waals surface area (Å²) in [7, 11) is 0. The fourth-order valence-corrected chi connectivity index (χ4v) is 1.62. The van der Waals surface area contributed by atoms with Gasteiger partial charge in [0.1, 0.15) is 0 Å². The topological polar surface area (TPSA) is 65.9 Å². The Morgan fingerprint density at radius 3 is 2.95 bits per heavy atom. The van der Waals surface area contributed by atoms with Gasteiger partial charge in [-0.3, -0.25) is 5.43 Å². The lowest BCUT2D eigenvalue weighted by molar-refractivity contribution is 0.318. The Hall–Kier alpha value is -1.82. The molecule has 0 aliphatic rings. The molecule has 0 saturated heterocycles. The van der Waals surface area contributed by atoms with Gasteiger partial charge in [-0.25, -0.2) is 0 Å². The quantitative estimate of drug-likeness (QED) is 0.312. The van der Waals surface area contributed by atoms with E-state index in [1.54, 1.807) is 24.4 Å². The second-order valence-corrected chi connectivity index (χ2v) is 4.55. The molecule has 0 saturated carbocycles. The summed E-state index contributed by atoms with van der Waals surface area (Å²) in [5.41, 5.74) is 3.56. The van der Waals surface area contributed by atoms with Crippen LogP contribution in [0.15, 0.2) is 23.3 Å². The number of rotatable bonds is 7. The van der Waals surface area contributed by atoms with Crippen molar-refractivity contribution in [1.82, 2.24) is 10.7 Å². The highest BCUT2D eigenvalue weighted by atomic mass is 32.1. The Labute approximate surface area is 125 Å². The molecule has 0 fully saturated rings. The lowest BCUT2D eigenvalue weighted by Crippen LogP contribution is -2.32. The first-order valence-electron chi connectivity index (χ1n) is 6.70. The van der Waals surface area contributed by atoms with E-state index in [4.69, 9.17) is 17.0 Å². The Kier molecular flexibility index (Phi) is 7.42. The van der Waals surface area contributed by atoms with Crippen LogP contribution >= 0.6 is 12.2 Å². The number of benzene rings is 1. The number of thiocarbonyl (C=S) groups is 1. The Bertz CT molecular complexity index is 464. The monoisotopic (exact) mass is 295 g/mol. The van der Waals surface area contributed by atoms with Gasteiger partial charge in [0.25, 0.3) is 0 Å². The summed E-state index contributed by atoms with van der Waals surface area (Å²) in [6.45, 7) is 5.32. The number of phenols is 1. The van der Waals surface area contributed by atoms with Crippen molar-refractivity contribution in [3.05, 3.63) is 23.8 Å². The summed E-state index contributed by atoms with van der Waals surface area (Å²) >= 11 is 5.07. The van der Waals surface area contributed by atoms with E-state index in [9.17, 15) is 5.11 Å². The minimum Gasteiger partial charge on any atom is -0.504 e. The molecule has 0 aromatic heterocycles. The van der Waals surface area contributed by atoms with Crippen molar-refractivity contribution in [2.75, 3.05) is 13.2 Å². The van der Waals surface area contributed by atoms with Gasteiger partial charge >= 0.3 is 0 Å². The predicted molar refractivity (Wildman–Crippen MR) is 85.5 cm³/mol. The maximum atomic E-state index is 9.58. The summed E-state index contributed by atoms with van der Waals surface area (Å²) in [6.07, 6.45) is 3.81. The molecule has 1 rings (SSSR count). The highest BCUT2D eigenvalue weighted by Gasteiger charge is 2.01. The van der Waals surface area contributed by atoms with Crippen molar-refractivity contribution in [3.8, 4) is 11.5 Å². The van der Waals surface area contributed by atoms with Crippen LogP contribution in [-0.4, -0.2) is 29.6 Å². The van der Waals surface area contributed by atoms with Gasteiger partial charge < -0.3 is 15.2 Å². The van der Waals surface area contributed by atoms with Crippen molar-refractivity contribution < 1.29 is 9.84 Å². The standard InChI is InChI=1S/C14H21N3O2S/c1-3-5-8-15-14(20)17-16-10-11-6-7-12(18)13(9-11)19-4-2/h6-7,9-10,18H,3-5,8H2,1-2H3,(H2,15,17,20). The van der Waals surface area contributed by atoms with Crippen molar-refractivity contribution in [2.24, 2.45) is 5.10 Å². The highest BCUT2D eigenvalue weighted by Crippen LogP contribution is 2.25. The van der Waals surface area contributed by atoms with E-state index in [0.29, 0.717) is 17.5 Å². The number of phenolic OH excluding ortho intramolecular Hbond substituents is 1. The molecule has 110 valence electrons. The van der Waals surface area contributed by atoms with Crippen molar-refractivity contribution >= 4 is 23.5 Å². The maximum absolute atomic E-state index is 9.58. The zero-order valence-corrected chi connectivity index (χ0v) is 12.7. The number of nitrogens with one attached hydrogen (secondary N) is 2. The second kappa shape index (κ2) is 9.14. The Morgan fingerprint density at radius 2 is 2.25 bits per heavy atom. The van der Waals surface area contributed by atoms with E-state index in [0.717, 1.165) is 24.9 Å². The van der Waals surface area contributed by atoms with Crippen LogP contribution in [-0.2, 0) is 0 Å². The highest BCUT2D eigenvalue weighted by molar-refractivity contribution is 7.80. The van der Waals surface area contributed by atoms with Crippen molar-refractivity contribution in [2.45, 2.75) is 26.7 Å². The number of unbranched alkanes of at least 4 members (excludes halogenated alkanes) is 1. The molecule has 0 aliphatic heterocycles. The molecular weight excluding hydrogens is 274 g/mol. The predicted octanol–water partition coefficient (Wildman–Crippen LogP) is 2.39. The molecule has 0 atom stereocenters. The van der Waals surface area contributed by atoms with E-state index >= 15 is 0 Å². The summed E-state index contributed by atoms with van der Waals surface area (Å²) < 4.78 is 5.30. The molecule has 0 aliphatic carbocycles. The maximum Gasteiger partial charge on any atom is 0.186 e. The fraction of sp³-hybridized carbons (Fsp3) is 0.429. The third-order valence-corrected chi connectivity index (χ3v) is 2.71. The molecule has 20 heavy (non-hydrogen) atoms. The molecule has 1 aromatic rings. The number of hydrogen-bond acceptors (Lipinski definition) is 4. The molecule has 6 heteroatoms. The molecule has 0 radical (unpaired) electrons. The lowest BCUT2D eigenvalue weighted by Gasteiger charge is -2.07.